The van der Waals surface area contributed by atoms with E-state index in [9.17, 15) is 8.78 Å². The molecule has 18 heavy (non-hydrogen) atoms. The maximum atomic E-state index is 13.5. The van der Waals surface area contributed by atoms with Gasteiger partial charge in [0, 0.05) is 30.0 Å². The highest BCUT2D eigenvalue weighted by atomic mass is 19.1. The molecule has 0 aliphatic carbocycles. The van der Waals surface area contributed by atoms with Crippen LogP contribution in [0.15, 0.2) is 36.5 Å². The monoisotopic (exact) mass is 250 g/mol. The minimum Gasteiger partial charge on any atom is -0.364 e. The van der Waals surface area contributed by atoms with Crippen LogP contribution < -0.4 is 5.32 Å². The maximum Gasteiger partial charge on any atom is 0.129 e. The van der Waals surface area contributed by atoms with Gasteiger partial charge in [-0.1, -0.05) is 6.07 Å². The van der Waals surface area contributed by atoms with Crippen molar-refractivity contribution in [1.82, 2.24) is 10.3 Å². The highest BCUT2D eigenvalue weighted by Gasteiger charge is 2.12. The van der Waals surface area contributed by atoms with Gasteiger partial charge < -0.3 is 10.3 Å². The molecule has 0 aliphatic heterocycles. The van der Waals surface area contributed by atoms with Crippen molar-refractivity contribution in [3.8, 4) is 0 Å². The molecular weight excluding hydrogens is 234 g/mol. The molecule has 1 heterocycles. The molecule has 96 valence electrons. The van der Waals surface area contributed by atoms with Gasteiger partial charge in [-0.3, -0.25) is 0 Å². The zero-order valence-corrected chi connectivity index (χ0v) is 10.2. The van der Waals surface area contributed by atoms with E-state index in [4.69, 9.17) is 0 Å². The quantitative estimate of drug-likeness (QED) is 0.838. The van der Waals surface area contributed by atoms with Gasteiger partial charge in [-0.25, -0.2) is 8.78 Å². The van der Waals surface area contributed by atoms with E-state index in [2.05, 4.69) is 10.3 Å². The number of hydrogen-bond donors (Lipinski definition) is 2. The summed E-state index contributed by atoms with van der Waals surface area (Å²) in [5.41, 5.74) is 1.19. The standard InChI is InChI=1S/C14H16F2N2/c1-10(18-9-11-4-3-7-17-11)8-12-13(15)5-2-6-14(12)16/h2-7,10,17-18H,8-9H2,1H3. The summed E-state index contributed by atoms with van der Waals surface area (Å²) in [6.07, 6.45) is 2.18. The Morgan fingerprint density at radius 2 is 1.89 bits per heavy atom. The van der Waals surface area contributed by atoms with Gasteiger partial charge in [-0.05, 0) is 37.6 Å². The first-order valence-electron chi connectivity index (χ1n) is 5.95. The van der Waals surface area contributed by atoms with Crippen LogP contribution in [0.4, 0.5) is 8.78 Å². The van der Waals surface area contributed by atoms with Gasteiger partial charge in [-0.15, -0.1) is 0 Å². The summed E-state index contributed by atoms with van der Waals surface area (Å²) in [5.74, 6) is -0.966. The fourth-order valence-electron chi connectivity index (χ4n) is 1.87. The fraction of sp³-hybridized carbons (Fsp3) is 0.286. The van der Waals surface area contributed by atoms with Crippen molar-refractivity contribution < 1.29 is 8.78 Å². The summed E-state index contributed by atoms with van der Waals surface area (Å²) in [6.45, 7) is 2.57. The fourth-order valence-corrected chi connectivity index (χ4v) is 1.87. The Kier molecular flexibility index (Phi) is 4.10. The lowest BCUT2D eigenvalue weighted by molar-refractivity contribution is 0.497. The third-order valence-electron chi connectivity index (χ3n) is 2.88. The topological polar surface area (TPSA) is 27.8 Å². The molecule has 1 aromatic heterocycles. The Balaban J connectivity index is 1.92. The van der Waals surface area contributed by atoms with Crippen molar-refractivity contribution in [3.63, 3.8) is 0 Å². The van der Waals surface area contributed by atoms with Gasteiger partial charge >= 0.3 is 0 Å². The van der Waals surface area contributed by atoms with Crippen molar-refractivity contribution in [1.29, 1.82) is 0 Å². The summed E-state index contributed by atoms with van der Waals surface area (Å²) in [4.78, 5) is 3.07. The van der Waals surface area contributed by atoms with Gasteiger partial charge in [-0.2, -0.15) is 0 Å². The number of aromatic amines is 1. The predicted molar refractivity (Wildman–Crippen MR) is 67.2 cm³/mol. The van der Waals surface area contributed by atoms with Gasteiger partial charge in [0.15, 0.2) is 0 Å². The second-order valence-electron chi connectivity index (χ2n) is 4.38. The predicted octanol–water partition coefficient (Wildman–Crippen LogP) is 3.01. The zero-order chi connectivity index (χ0) is 13.0. The number of hydrogen-bond acceptors (Lipinski definition) is 1. The lowest BCUT2D eigenvalue weighted by atomic mass is 10.1. The molecule has 1 aromatic carbocycles. The summed E-state index contributed by atoms with van der Waals surface area (Å²) in [6, 6.07) is 7.83. The van der Waals surface area contributed by atoms with Crippen LogP contribution in [-0.2, 0) is 13.0 Å². The first-order chi connectivity index (χ1) is 8.66. The third kappa shape index (κ3) is 3.17. The lowest BCUT2D eigenvalue weighted by Crippen LogP contribution is -2.28. The van der Waals surface area contributed by atoms with Crippen LogP contribution >= 0.6 is 0 Å². The van der Waals surface area contributed by atoms with Crippen LogP contribution in [-0.4, -0.2) is 11.0 Å². The molecule has 0 radical (unpaired) electrons. The summed E-state index contributed by atoms with van der Waals surface area (Å²) in [7, 11) is 0. The molecule has 1 atom stereocenters. The molecule has 0 amide bonds. The van der Waals surface area contributed by atoms with Crippen molar-refractivity contribution in [2.24, 2.45) is 0 Å². The van der Waals surface area contributed by atoms with Crippen LogP contribution in [0, 0.1) is 11.6 Å². The van der Waals surface area contributed by atoms with Crippen molar-refractivity contribution in [2.75, 3.05) is 0 Å². The molecule has 0 bridgehead atoms. The number of halogens is 2. The molecular formula is C14H16F2N2. The molecule has 2 N–H and O–H groups in total. The Hall–Kier alpha value is -1.68. The molecule has 2 nitrogen and oxygen atoms in total. The molecule has 0 saturated heterocycles. The smallest absolute Gasteiger partial charge is 0.129 e. The van der Waals surface area contributed by atoms with Crippen LogP contribution in [0.3, 0.4) is 0 Å². The van der Waals surface area contributed by atoms with Gasteiger partial charge in [0.25, 0.3) is 0 Å². The lowest BCUT2D eigenvalue weighted by Gasteiger charge is -2.14. The van der Waals surface area contributed by atoms with Gasteiger partial charge in [0.1, 0.15) is 11.6 Å². The average molecular weight is 250 g/mol. The first-order valence-corrected chi connectivity index (χ1v) is 5.95. The van der Waals surface area contributed by atoms with Crippen molar-refractivity contribution in [2.45, 2.75) is 25.9 Å². The van der Waals surface area contributed by atoms with Crippen LogP contribution in [0.5, 0.6) is 0 Å². The second-order valence-corrected chi connectivity index (χ2v) is 4.38. The maximum absolute atomic E-state index is 13.5. The largest absolute Gasteiger partial charge is 0.364 e. The number of H-pyrrole nitrogens is 1. The van der Waals surface area contributed by atoms with E-state index in [0.29, 0.717) is 13.0 Å². The van der Waals surface area contributed by atoms with E-state index in [1.807, 2.05) is 25.3 Å². The molecule has 0 saturated carbocycles. The highest BCUT2D eigenvalue weighted by molar-refractivity contribution is 5.20. The molecule has 0 fully saturated rings. The minimum absolute atomic E-state index is 0.000278. The molecule has 4 heteroatoms. The van der Waals surface area contributed by atoms with E-state index in [1.54, 1.807) is 0 Å². The summed E-state index contributed by atoms with van der Waals surface area (Å²) in [5, 5.41) is 3.22. The molecule has 2 rings (SSSR count). The number of nitrogens with one attached hydrogen (secondary N) is 2. The van der Waals surface area contributed by atoms with Gasteiger partial charge in [0.05, 0.1) is 0 Å². The van der Waals surface area contributed by atoms with E-state index in [1.165, 1.54) is 18.2 Å². The Labute approximate surface area is 105 Å². The third-order valence-corrected chi connectivity index (χ3v) is 2.88. The van der Waals surface area contributed by atoms with E-state index >= 15 is 0 Å². The molecule has 0 aliphatic rings. The zero-order valence-electron chi connectivity index (χ0n) is 10.2. The molecule has 0 spiro atoms. The number of rotatable bonds is 5. The van der Waals surface area contributed by atoms with E-state index in [-0.39, 0.29) is 11.6 Å². The van der Waals surface area contributed by atoms with Crippen molar-refractivity contribution in [3.05, 3.63) is 59.4 Å². The van der Waals surface area contributed by atoms with Crippen LogP contribution in [0.25, 0.3) is 0 Å². The molecule has 1 unspecified atom stereocenters. The molecule has 2 aromatic rings. The summed E-state index contributed by atoms with van der Waals surface area (Å²) < 4.78 is 26.9. The van der Waals surface area contributed by atoms with Crippen molar-refractivity contribution >= 4 is 0 Å². The average Bonchev–Trinajstić information content (AvgIpc) is 2.84. The van der Waals surface area contributed by atoms with Crippen LogP contribution in [0.1, 0.15) is 18.2 Å². The number of aromatic nitrogens is 1. The SMILES string of the molecule is CC(Cc1c(F)cccc1F)NCc1ccc[nH]1. The Morgan fingerprint density at radius 1 is 1.17 bits per heavy atom. The number of benzene rings is 1. The Bertz CT molecular complexity index is 474. The van der Waals surface area contributed by atoms with E-state index in [0.717, 1.165) is 5.69 Å². The first kappa shape index (κ1) is 12.8. The Morgan fingerprint density at radius 3 is 2.50 bits per heavy atom. The minimum atomic E-state index is -0.483. The normalized spacial score (nSPS) is 12.6. The van der Waals surface area contributed by atoms with Crippen LogP contribution in [0.2, 0.25) is 0 Å². The highest BCUT2D eigenvalue weighted by Crippen LogP contribution is 2.14. The van der Waals surface area contributed by atoms with Gasteiger partial charge in [0.2, 0.25) is 0 Å². The second kappa shape index (κ2) is 5.78. The summed E-state index contributed by atoms with van der Waals surface area (Å²) >= 11 is 0. The van der Waals surface area contributed by atoms with E-state index < -0.39 is 11.6 Å².